The Kier molecular flexibility index (Phi) is 12.6. The van der Waals surface area contributed by atoms with Crippen LogP contribution in [0.3, 0.4) is 0 Å². The Hall–Kier alpha value is -7.98. The third-order valence-corrected chi connectivity index (χ3v) is 22.1. The first-order chi connectivity index (χ1) is 38.4. The zero-order chi connectivity index (χ0) is 54.4. The number of nitrogens with zero attached hydrogens (tertiary/aromatic N) is 2. The molecule has 2 heterocycles. The van der Waals surface area contributed by atoms with E-state index >= 15 is 0 Å². The Morgan fingerprint density at radius 3 is 1.05 bits per heavy atom. The SMILES string of the molecule is Bc1c(B)c(B)c(-c2cc(S(c3ccccc3)(c3ccccc3)c3ccccc3)cc(-c3c(B)c(B)c(B)c(B)c3B)c2-n2c3ccc(-c4ccccc4)cc3c3cc(-n4c5ccccc5c5ccccc54)ccc32)c(B)c1B. The minimum absolute atomic E-state index is 1.14. The van der Waals surface area contributed by atoms with Gasteiger partial charge in [0.25, 0.3) is 0 Å². The Morgan fingerprint density at radius 2 is 0.608 bits per heavy atom. The lowest BCUT2D eigenvalue weighted by molar-refractivity contribution is 1.16. The summed E-state index contributed by atoms with van der Waals surface area (Å²) in [5, 5.41) is 4.93. The first-order valence-electron chi connectivity index (χ1n) is 27.8. The van der Waals surface area contributed by atoms with E-state index in [-0.39, 0.29) is 0 Å². The van der Waals surface area contributed by atoms with Gasteiger partial charge < -0.3 is 9.13 Å². The highest BCUT2D eigenvalue weighted by Crippen LogP contribution is 2.74. The zero-order valence-corrected chi connectivity index (χ0v) is 47.9. The molecule has 0 radical (unpaired) electrons. The quantitative estimate of drug-likeness (QED) is 0.190. The van der Waals surface area contributed by atoms with E-state index in [4.69, 9.17) is 0 Å². The number of hydrogen-bond donors (Lipinski definition) is 0. The van der Waals surface area contributed by atoms with Crippen molar-refractivity contribution in [2.45, 2.75) is 19.6 Å². The van der Waals surface area contributed by atoms with Gasteiger partial charge >= 0.3 is 0 Å². The molecule has 79 heavy (non-hydrogen) atoms. The fraction of sp³-hybridized carbons (Fsp3) is 0. The van der Waals surface area contributed by atoms with Crippen LogP contribution >= 0.6 is 10.0 Å². The highest BCUT2D eigenvalue weighted by molar-refractivity contribution is 8.34. The second-order valence-electron chi connectivity index (χ2n) is 21.9. The molecule has 2 aromatic heterocycles. The molecule has 0 aliphatic carbocycles. The van der Waals surface area contributed by atoms with Gasteiger partial charge in [0.2, 0.25) is 0 Å². The monoisotopic (exact) mass is 1020 g/mol. The van der Waals surface area contributed by atoms with Crippen molar-refractivity contribution >= 4 is 187 Å². The van der Waals surface area contributed by atoms with Crippen LogP contribution < -0.4 is 54.6 Å². The van der Waals surface area contributed by atoms with Gasteiger partial charge in [-0.1, -0.05) is 149 Å². The molecule has 366 valence electrons. The van der Waals surface area contributed by atoms with Crippen LogP contribution in [-0.2, 0) is 0 Å². The molecule has 0 saturated carbocycles. The Labute approximate surface area is 475 Å². The Balaban J connectivity index is 1.27. The van der Waals surface area contributed by atoms with Crippen LogP contribution in [0.4, 0.5) is 0 Å². The van der Waals surface area contributed by atoms with Crippen molar-refractivity contribution < 1.29 is 0 Å². The predicted molar refractivity (Wildman–Crippen MR) is 373 cm³/mol. The summed E-state index contributed by atoms with van der Waals surface area (Å²) < 4.78 is 5.13. The van der Waals surface area contributed by atoms with Crippen molar-refractivity contribution in [1.82, 2.24) is 9.13 Å². The van der Waals surface area contributed by atoms with Crippen molar-refractivity contribution in [3.05, 3.63) is 218 Å². The molecule has 13 heteroatoms. The topological polar surface area (TPSA) is 9.86 Å². The van der Waals surface area contributed by atoms with E-state index in [1.165, 1.54) is 157 Å². The molecule has 0 fully saturated rings. The van der Waals surface area contributed by atoms with Crippen molar-refractivity contribution in [1.29, 1.82) is 0 Å². The molecule has 0 aliphatic heterocycles. The number of rotatable bonds is 9. The molecule has 0 spiro atoms. The van der Waals surface area contributed by atoms with Gasteiger partial charge in [-0.3, -0.25) is 0 Å². The molecule has 0 aliphatic rings. The molecule has 0 atom stereocenters. The van der Waals surface area contributed by atoms with E-state index in [0.717, 1.165) is 5.69 Å². The van der Waals surface area contributed by atoms with Gasteiger partial charge in [0.1, 0.15) is 78.5 Å². The van der Waals surface area contributed by atoms with E-state index in [1.54, 1.807) is 0 Å². The van der Waals surface area contributed by atoms with Gasteiger partial charge in [-0.15, -0.1) is 42.8 Å². The predicted octanol–water partition coefficient (Wildman–Crippen LogP) is 0.807. The van der Waals surface area contributed by atoms with Crippen LogP contribution in [-0.4, -0.2) is 87.6 Å². The van der Waals surface area contributed by atoms with Crippen molar-refractivity contribution in [3.63, 3.8) is 0 Å². The number of hydrogen-bond acceptors (Lipinski definition) is 0. The van der Waals surface area contributed by atoms with E-state index < -0.39 is 10.0 Å². The average molecular weight is 1020 g/mol. The van der Waals surface area contributed by atoms with Crippen LogP contribution in [0.25, 0.3) is 88.4 Å². The van der Waals surface area contributed by atoms with E-state index in [0.29, 0.717) is 0 Å². The molecule has 0 amide bonds. The maximum absolute atomic E-state index is 2.67. The summed E-state index contributed by atoms with van der Waals surface area (Å²) >= 11 is 0. The van der Waals surface area contributed by atoms with Crippen molar-refractivity contribution in [2.24, 2.45) is 0 Å². The molecule has 0 bridgehead atoms. The first-order valence-corrected chi connectivity index (χ1v) is 29.5. The highest BCUT2D eigenvalue weighted by atomic mass is 32.3. The van der Waals surface area contributed by atoms with Crippen LogP contribution in [0.15, 0.2) is 238 Å². The zero-order valence-electron chi connectivity index (χ0n) is 47.1. The summed E-state index contributed by atoms with van der Waals surface area (Å²) in [5.74, 6) is 0. The van der Waals surface area contributed by atoms with Crippen LogP contribution in [0.5, 0.6) is 0 Å². The van der Waals surface area contributed by atoms with Gasteiger partial charge in [-0.2, -0.15) is 0 Å². The van der Waals surface area contributed by atoms with Gasteiger partial charge in [0, 0.05) is 57.9 Å². The molecule has 0 N–H and O–H groups in total. The number of para-hydroxylation sites is 2. The van der Waals surface area contributed by atoms with Crippen molar-refractivity contribution in [3.8, 4) is 44.8 Å². The second kappa shape index (κ2) is 19.7. The summed E-state index contributed by atoms with van der Waals surface area (Å²) in [7, 11) is 21.3. The minimum atomic E-state index is -2.17. The summed E-state index contributed by atoms with van der Waals surface area (Å²) in [6.45, 7) is 0. The van der Waals surface area contributed by atoms with Crippen LogP contribution in [0.2, 0.25) is 0 Å². The molecule has 2 nitrogen and oxygen atoms in total. The molecule has 13 rings (SSSR count). The van der Waals surface area contributed by atoms with Gasteiger partial charge in [0.15, 0.2) is 0 Å². The summed E-state index contributed by atoms with van der Waals surface area (Å²) in [5.41, 5.74) is 27.9. The molecular formula is C66H56B10N2S. The van der Waals surface area contributed by atoms with Gasteiger partial charge in [-0.05, 0) is 113 Å². The fourth-order valence-corrected chi connectivity index (χ4v) is 17.2. The lowest BCUT2D eigenvalue weighted by Gasteiger charge is -2.43. The molecule has 0 saturated heterocycles. The van der Waals surface area contributed by atoms with Crippen molar-refractivity contribution in [2.75, 3.05) is 0 Å². The fourth-order valence-electron chi connectivity index (χ4n) is 13.3. The largest absolute Gasteiger partial charge is 0.309 e. The van der Waals surface area contributed by atoms with Crippen LogP contribution in [0, 0.1) is 0 Å². The van der Waals surface area contributed by atoms with E-state index in [9.17, 15) is 0 Å². The van der Waals surface area contributed by atoms with E-state index in [2.05, 4.69) is 306 Å². The van der Waals surface area contributed by atoms with Gasteiger partial charge in [0.05, 0.1) is 27.8 Å². The number of fused-ring (bicyclic) bond motifs is 6. The molecule has 13 aromatic rings. The normalized spacial score (nSPS) is 12.0. The average Bonchev–Trinajstić information content (AvgIpc) is 4.18. The smallest absolute Gasteiger partial charge is 0.139 e. The lowest BCUT2D eigenvalue weighted by Crippen LogP contribution is -2.55. The number of aromatic nitrogens is 2. The number of benzene rings is 11. The Morgan fingerprint density at radius 1 is 0.253 bits per heavy atom. The van der Waals surface area contributed by atoms with Gasteiger partial charge in [-0.25, -0.2) is 0 Å². The third kappa shape index (κ3) is 7.78. The first kappa shape index (κ1) is 50.5. The second-order valence-corrected chi connectivity index (χ2v) is 25.0. The summed E-state index contributed by atoms with van der Waals surface area (Å²) in [4.78, 5) is 5.20. The maximum Gasteiger partial charge on any atom is 0.139 e. The molecule has 11 aromatic carbocycles. The summed E-state index contributed by atoms with van der Waals surface area (Å²) in [6, 6.07) is 82.5. The molecule has 0 unspecified atom stereocenters. The third-order valence-electron chi connectivity index (χ3n) is 18.2. The standard InChI is InChI=1S/C66H56B10N2S/c67-56-54(57(68)61(72)64(75)60(56)71)48-35-43(79(40-19-7-2-8-20-40,41-21-9-3-10-22-41)42-23-11-4-12-24-42)36-49(55-58(69)62(73)65(76)63(74)59(55)70)66(48)78-52-31-29-38(37-17-5-1-6-18-37)33-46(52)47-34-39(30-32-53(47)78)77-50-27-15-13-25-44(50)45-26-14-16-28-51(45)77/h1-36H,67-76H2. The van der Waals surface area contributed by atoms with E-state index in [1.807, 2.05) is 0 Å². The highest BCUT2D eigenvalue weighted by Gasteiger charge is 2.36. The minimum Gasteiger partial charge on any atom is -0.309 e. The maximum atomic E-state index is 2.67. The Bertz CT molecular complexity index is 4300. The van der Waals surface area contributed by atoms with Crippen LogP contribution in [0.1, 0.15) is 0 Å². The lowest BCUT2D eigenvalue weighted by atomic mass is 9.58. The summed E-state index contributed by atoms with van der Waals surface area (Å²) in [6.07, 6.45) is 0. The molecular weight excluding hydrogens is 961 g/mol.